The van der Waals surface area contributed by atoms with E-state index >= 15 is 0 Å². The van der Waals surface area contributed by atoms with E-state index in [2.05, 4.69) is 48.5 Å². The fraction of sp³-hybridized carbons (Fsp3) is 0.526. The van der Waals surface area contributed by atoms with Crippen LogP contribution in [0.25, 0.3) is 10.1 Å². The number of likely N-dealkylation sites (N-methyl/N-ethyl adjacent to an activating group) is 1. The lowest BCUT2D eigenvalue weighted by Gasteiger charge is -2.39. The minimum Gasteiger partial charge on any atom is -0.346 e. The highest BCUT2D eigenvalue weighted by Gasteiger charge is 2.36. The van der Waals surface area contributed by atoms with Crippen molar-refractivity contribution in [2.45, 2.75) is 44.1 Å². The lowest BCUT2D eigenvalue weighted by Crippen LogP contribution is -2.50. The normalized spacial score (nSPS) is 23.8. The molecular formula is C19H24N2OS. The molecule has 1 aromatic carbocycles. The molecule has 0 spiro atoms. The van der Waals surface area contributed by atoms with E-state index in [0.29, 0.717) is 5.92 Å². The van der Waals surface area contributed by atoms with E-state index in [0.717, 1.165) is 37.2 Å². The van der Waals surface area contributed by atoms with E-state index in [9.17, 15) is 4.79 Å². The van der Waals surface area contributed by atoms with Gasteiger partial charge in [-0.05, 0) is 63.2 Å². The molecule has 4 rings (SSSR count). The number of amides is 1. The quantitative estimate of drug-likeness (QED) is 0.924. The molecule has 0 bridgehead atoms. The lowest BCUT2D eigenvalue weighted by atomic mass is 9.78. The van der Waals surface area contributed by atoms with Gasteiger partial charge in [0.15, 0.2) is 0 Å². The molecule has 1 N–H and O–H groups in total. The van der Waals surface area contributed by atoms with Crippen LogP contribution in [0.2, 0.25) is 0 Å². The highest BCUT2D eigenvalue weighted by molar-refractivity contribution is 7.21. The Kier molecular flexibility index (Phi) is 3.69. The second-order valence-corrected chi connectivity index (χ2v) is 8.51. The molecular weight excluding hydrogens is 304 g/mol. The average Bonchev–Trinajstić information content (AvgIpc) is 3.08. The van der Waals surface area contributed by atoms with Crippen molar-refractivity contribution in [1.29, 1.82) is 0 Å². The SMILES string of the molecule is CN1CCC(c2c(C(=O)NC3(C)CCC3)sc3ccccc23)C1. The predicted molar refractivity (Wildman–Crippen MR) is 96.4 cm³/mol. The summed E-state index contributed by atoms with van der Waals surface area (Å²) in [6.45, 7) is 4.34. The zero-order valence-electron chi connectivity index (χ0n) is 13.9. The fourth-order valence-electron chi connectivity index (χ4n) is 3.97. The number of hydrogen-bond acceptors (Lipinski definition) is 3. The van der Waals surface area contributed by atoms with Crippen LogP contribution in [0.1, 0.15) is 53.8 Å². The lowest BCUT2D eigenvalue weighted by molar-refractivity contribution is 0.0853. The van der Waals surface area contributed by atoms with Crippen molar-refractivity contribution in [3.05, 3.63) is 34.7 Å². The molecule has 1 aromatic heterocycles. The molecule has 2 fully saturated rings. The summed E-state index contributed by atoms with van der Waals surface area (Å²) in [4.78, 5) is 16.3. The molecule has 1 atom stereocenters. The van der Waals surface area contributed by atoms with Gasteiger partial charge in [-0.15, -0.1) is 11.3 Å². The van der Waals surface area contributed by atoms with Gasteiger partial charge in [-0.1, -0.05) is 18.2 Å². The van der Waals surface area contributed by atoms with Gasteiger partial charge in [0.2, 0.25) is 0 Å². The average molecular weight is 328 g/mol. The zero-order chi connectivity index (χ0) is 16.0. The second kappa shape index (κ2) is 5.60. The number of hydrogen-bond donors (Lipinski definition) is 1. The number of likely N-dealkylation sites (tertiary alicyclic amines) is 1. The minimum absolute atomic E-state index is 0.0109. The largest absolute Gasteiger partial charge is 0.346 e. The Balaban J connectivity index is 1.74. The van der Waals surface area contributed by atoms with E-state index in [-0.39, 0.29) is 11.4 Å². The highest BCUT2D eigenvalue weighted by Crippen LogP contribution is 2.40. The Hall–Kier alpha value is -1.39. The third-order valence-corrected chi connectivity index (χ3v) is 6.70. The number of carbonyl (C=O) groups excluding carboxylic acids is 1. The van der Waals surface area contributed by atoms with Crippen molar-refractivity contribution in [3.63, 3.8) is 0 Å². The second-order valence-electron chi connectivity index (χ2n) is 7.46. The molecule has 2 aromatic rings. The summed E-state index contributed by atoms with van der Waals surface area (Å²) in [6.07, 6.45) is 4.58. The van der Waals surface area contributed by atoms with Crippen LogP contribution in [0.15, 0.2) is 24.3 Å². The summed E-state index contributed by atoms with van der Waals surface area (Å²) in [6, 6.07) is 8.48. The van der Waals surface area contributed by atoms with Crippen LogP contribution in [-0.4, -0.2) is 36.5 Å². The minimum atomic E-state index is 0.0109. The van der Waals surface area contributed by atoms with Crippen molar-refractivity contribution in [1.82, 2.24) is 10.2 Å². The molecule has 1 saturated heterocycles. The molecule has 23 heavy (non-hydrogen) atoms. The van der Waals surface area contributed by atoms with Gasteiger partial charge in [-0.3, -0.25) is 4.79 Å². The highest BCUT2D eigenvalue weighted by atomic mass is 32.1. The molecule has 1 aliphatic heterocycles. The first-order valence-corrected chi connectivity index (χ1v) is 9.40. The number of nitrogens with one attached hydrogen (secondary N) is 1. The molecule has 3 nitrogen and oxygen atoms in total. The Morgan fingerprint density at radius 2 is 2.13 bits per heavy atom. The zero-order valence-corrected chi connectivity index (χ0v) is 14.7. The van der Waals surface area contributed by atoms with E-state index in [4.69, 9.17) is 0 Å². The van der Waals surface area contributed by atoms with Gasteiger partial charge < -0.3 is 10.2 Å². The van der Waals surface area contributed by atoms with Gasteiger partial charge in [0.05, 0.1) is 4.88 Å². The third kappa shape index (κ3) is 2.68. The number of carbonyl (C=O) groups is 1. The summed E-state index contributed by atoms with van der Waals surface area (Å²) in [5.74, 6) is 0.615. The first-order valence-electron chi connectivity index (χ1n) is 8.58. The maximum atomic E-state index is 13.0. The molecule has 1 amide bonds. The van der Waals surface area contributed by atoms with Crippen molar-refractivity contribution >= 4 is 27.3 Å². The van der Waals surface area contributed by atoms with Crippen molar-refractivity contribution in [2.24, 2.45) is 0 Å². The smallest absolute Gasteiger partial charge is 0.262 e. The molecule has 4 heteroatoms. The van der Waals surface area contributed by atoms with Gasteiger partial charge >= 0.3 is 0 Å². The standard InChI is InChI=1S/C19H24N2OS/c1-19(9-5-10-19)20-18(22)17-16(13-8-11-21(2)12-13)14-6-3-4-7-15(14)23-17/h3-4,6-7,13H,5,8-12H2,1-2H3,(H,20,22). The van der Waals surface area contributed by atoms with Gasteiger partial charge in [0, 0.05) is 22.7 Å². The molecule has 2 heterocycles. The first-order chi connectivity index (χ1) is 11.1. The summed E-state index contributed by atoms with van der Waals surface area (Å²) in [5.41, 5.74) is 1.30. The number of thiophene rings is 1. The predicted octanol–water partition coefficient (Wildman–Crippen LogP) is 3.99. The Morgan fingerprint density at radius 1 is 1.35 bits per heavy atom. The maximum Gasteiger partial charge on any atom is 0.262 e. The molecule has 1 unspecified atom stereocenters. The van der Waals surface area contributed by atoms with Crippen molar-refractivity contribution in [3.8, 4) is 0 Å². The molecule has 122 valence electrons. The molecule has 2 aliphatic rings. The van der Waals surface area contributed by atoms with E-state index in [1.54, 1.807) is 11.3 Å². The molecule has 1 aliphatic carbocycles. The molecule has 1 saturated carbocycles. The van der Waals surface area contributed by atoms with Crippen LogP contribution in [-0.2, 0) is 0 Å². The number of benzene rings is 1. The topological polar surface area (TPSA) is 32.3 Å². The van der Waals surface area contributed by atoms with Crippen molar-refractivity contribution < 1.29 is 4.79 Å². The van der Waals surface area contributed by atoms with Crippen LogP contribution in [0.3, 0.4) is 0 Å². The third-order valence-electron chi connectivity index (χ3n) is 5.51. The van der Waals surface area contributed by atoms with Gasteiger partial charge in [-0.2, -0.15) is 0 Å². The summed E-state index contributed by atoms with van der Waals surface area (Å²) in [7, 11) is 2.17. The number of rotatable bonds is 3. The maximum absolute atomic E-state index is 13.0. The van der Waals surface area contributed by atoms with Gasteiger partial charge in [-0.25, -0.2) is 0 Å². The van der Waals surface area contributed by atoms with Gasteiger partial charge in [0.25, 0.3) is 5.91 Å². The van der Waals surface area contributed by atoms with Crippen molar-refractivity contribution in [2.75, 3.05) is 20.1 Å². The monoisotopic (exact) mass is 328 g/mol. The van der Waals surface area contributed by atoms with Crippen LogP contribution >= 0.6 is 11.3 Å². The Labute approximate surface area is 141 Å². The number of nitrogens with zero attached hydrogens (tertiary/aromatic N) is 1. The first kappa shape index (κ1) is 15.2. The summed E-state index contributed by atoms with van der Waals surface area (Å²) in [5, 5.41) is 4.58. The van der Waals surface area contributed by atoms with Crippen LogP contribution in [0, 0.1) is 0 Å². The van der Waals surface area contributed by atoms with E-state index < -0.39 is 0 Å². The summed E-state index contributed by atoms with van der Waals surface area (Å²) >= 11 is 1.66. The fourth-order valence-corrected chi connectivity index (χ4v) is 5.16. The van der Waals surface area contributed by atoms with Crippen LogP contribution < -0.4 is 5.32 Å². The van der Waals surface area contributed by atoms with Crippen LogP contribution in [0.4, 0.5) is 0 Å². The number of fused-ring (bicyclic) bond motifs is 1. The van der Waals surface area contributed by atoms with Crippen LogP contribution in [0.5, 0.6) is 0 Å². The Bertz CT molecular complexity index is 747. The molecule has 0 radical (unpaired) electrons. The van der Waals surface area contributed by atoms with Gasteiger partial charge in [0.1, 0.15) is 0 Å². The van der Waals surface area contributed by atoms with E-state index in [1.807, 2.05) is 0 Å². The Morgan fingerprint density at radius 3 is 2.78 bits per heavy atom. The van der Waals surface area contributed by atoms with E-state index in [1.165, 1.54) is 22.1 Å². The summed E-state index contributed by atoms with van der Waals surface area (Å²) < 4.78 is 1.24.